The van der Waals surface area contributed by atoms with Crippen molar-refractivity contribution in [2.45, 2.75) is 32.2 Å². The van der Waals surface area contributed by atoms with Gasteiger partial charge in [-0.1, -0.05) is 12.1 Å². The third-order valence-electron chi connectivity index (χ3n) is 3.15. The summed E-state index contributed by atoms with van der Waals surface area (Å²) >= 11 is 0. The van der Waals surface area contributed by atoms with Crippen LogP contribution in [0.15, 0.2) is 33.7 Å². The number of aromatic nitrogens is 1. The SMILES string of the molecule is CCNS(=O)(=O)c1ccc(NCc2c(C)noc2C)cc1. The van der Waals surface area contributed by atoms with Crippen molar-refractivity contribution >= 4 is 15.7 Å². The average molecular weight is 309 g/mol. The molecular weight excluding hydrogens is 290 g/mol. The fourth-order valence-corrected chi connectivity index (χ4v) is 3.01. The van der Waals surface area contributed by atoms with Gasteiger partial charge in [0.1, 0.15) is 5.76 Å². The number of sulfonamides is 1. The summed E-state index contributed by atoms with van der Waals surface area (Å²) in [6.07, 6.45) is 0. The Morgan fingerprint density at radius 2 is 1.86 bits per heavy atom. The summed E-state index contributed by atoms with van der Waals surface area (Å²) in [4.78, 5) is 0.257. The van der Waals surface area contributed by atoms with Gasteiger partial charge in [-0.25, -0.2) is 13.1 Å². The quantitative estimate of drug-likeness (QED) is 0.854. The molecule has 0 fully saturated rings. The molecule has 0 aliphatic heterocycles. The predicted molar refractivity (Wildman–Crippen MR) is 80.6 cm³/mol. The van der Waals surface area contributed by atoms with Crippen molar-refractivity contribution in [1.82, 2.24) is 9.88 Å². The molecule has 0 unspecified atom stereocenters. The first-order chi connectivity index (χ1) is 9.94. The predicted octanol–water partition coefficient (Wildman–Crippen LogP) is 2.20. The molecule has 6 nitrogen and oxygen atoms in total. The van der Waals surface area contributed by atoms with E-state index in [9.17, 15) is 8.42 Å². The lowest BCUT2D eigenvalue weighted by Gasteiger charge is -2.08. The molecule has 0 saturated carbocycles. The van der Waals surface area contributed by atoms with Crippen molar-refractivity contribution in [3.05, 3.63) is 41.3 Å². The Kier molecular flexibility index (Phi) is 4.64. The van der Waals surface area contributed by atoms with E-state index in [0.717, 1.165) is 22.7 Å². The van der Waals surface area contributed by atoms with E-state index in [4.69, 9.17) is 4.52 Å². The summed E-state index contributed by atoms with van der Waals surface area (Å²) in [6, 6.07) is 6.63. The minimum Gasteiger partial charge on any atom is -0.381 e. The number of hydrogen-bond acceptors (Lipinski definition) is 5. The van der Waals surface area contributed by atoms with Crippen LogP contribution in [0.1, 0.15) is 23.9 Å². The van der Waals surface area contributed by atoms with Gasteiger partial charge in [-0.15, -0.1) is 0 Å². The second-order valence-corrected chi connectivity index (χ2v) is 6.45. The number of rotatable bonds is 6. The van der Waals surface area contributed by atoms with Gasteiger partial charge in [0.2, 0.25) is 10.0 Å². The van der Waals surface area contributed by atoms with Gasteiger partial charge >= 0.3 is 0 Å². The largest absolute Gasteiger partial charge is 0.381 e. The molecule has 1 aromatic carbocycles. The van der Waals surface area contributed by atoms with Crippen molar-refractivity contribution in [1.29, 1.82) is 0 Å². The van der Waals surface area contributed by atoms with Crippen LogP contribution in [0, 0.1) is 13.8 Å². The molecule has 0 saturated heterocycles. The number of hydrogen-bond donors (Lipinski definition) is 2. The molecule has 1 aromatic heterocycles. The van der Waals surface area contributed by atoms with Gasteiger partial charge in [0.05, 0.1) is 10.6 Å². The lowest BCUT2D eigenvalue weighted by atomic mass is 10.2. The fourth-order valence-electron chi connectivity index (χ4n) is 1.97. The van der Waals surface area contributed by atoms with E-state index in [-0.39, 0.29) is 4.90 Å². The zero-order valence-electron chi connectivity index (χ0n) is 12.3. The van der Waals surface area contributed by atoms with Gasteiger partial charge < -0.3 is 9.84 Å². The Morgan fingerprint density at radius 1 is 1.19 bits per heavy atom. The van der Waals surface area contributed by atoms with E-state index in [1.54, 1.807) is 31.2 Å². The summed E-state index contributed by atoms with van der Waals surface area (Å²) in [5, 5.41) is 7.12. The summed E-state index contributed by atoms with van der Waals surface area (Å²) in [5.74, 6) is 0.784. The second kappa shape index (κ2) is 6.28. The number of benzene rings is 1. The van der Waals surface area contributed by atoms with E-state index in [1.807, 2.05) is 13.8 Å². The zero-order valence-corrected chi connectivity index (χ0v) is 13.1. The van der Waals surface area contributed by atoms with Crippen molar-refractivity contribution in [3.8, 4) is 0 Å². The van der Waals surface area contributed by atoms with Crippen LogP contribution in [0.5, 0.6) is 0 Å². The van der Waals surface area contributed by atoms with Gasteiger partial charge in [-0.05, 0) is 38.1 Å². The molecule has 114 valence electrons. The highest BCUT2D eigenvalue weighted by Crippen LogP contribution is 2.17. The Balaban J connectivity index is 2.07. The molecule has 21 heavy (non-hydrogen) atoms. The third kappa shape index (κ3) is 3.62. The van der Waals surface area contributed by atoms with Crippen molar-refractivity contribution < 1.29 is 12.9 Å². The van der Waals surface area contributed by atoms with Gasteiger partial charge in [0, 0.05) is 24.3 Å². The Hall–Kier alpha value is -1.86. The summed E-state index contributed by atoms with van der Waals surface area (Å²) < 4.78 is 31.2. The lowest BCUT2D eigenvalue weighted by Crippen LogP contribution is -2.23. The molecule has 7 heteroatoms. The van der Waals surface area contributed by atoms with E-state index >= 15 is 0 Å². The normalized spacial score (nSPS) is 11.6. The fraction of sp³-hybridized carbons (Fsp3) is 0.357. The molecule has 2 N–H and O–H groups in total. The number of nitrogens with one attached hydrogen (secondary N) is 2. The van der Waals surface area contributed by atoms with Crippen molar-refractivity contribution in [2.75, 3.05) is 11.9 Å². The standard InChI is InChI=1S/C14H19N3O3S/c1-4-16-21(18,19)13-7-5-12(6-8-13)15-9-14-10(2)17-20-11(14)3/h5-8,15-16H,4,9H2,1-3H3. The van der Waals surface area contributed by atoms with Crippen molar-refractivity contribution in [2.24, 2.45) is 0 Å². The van der Waals surface area contributed by atoms with Crippen LogP contribution in [0.4, 0.5) is 5.69 Å². The molecule has 0 spiro atoms. The number of aryl methyl sites for hydroxylation is 2. The monoisotopic (exact) mass is 309 g/mol. The van der Waals surface area contributed by atoms with Crippen LogP contribution >= 0.6 is 0 Å². The molecule has 2 rings (SSSR count). The molecule has 0 aliphatic carbocycles. The second-order valence-electron chi connectivity index (χ2n) is 4.68. The minimum absolute atomic E-state index is 0.257. The molecule has 1 heterocycles. The third-order valence-corrected chi connectivity index (χ3v) is 4.71. The highest BCUT2D eigenvalue weighted by molar-refractivity contribution is 7.89. The van der Waals surface area contributed by atoms with Crippen LogP contribution in [0.2, 0.25) is 0 Å². The van der Waals surface area contributed by atoms with Gasteiger partial charge in [0.15, 0.2) is 0 Å². The highest BCUT2D eigenvalue weighted by Gasteiger charge is 2.12. The maximum absolute atomic E-state index is 11.8. The van der Waals surface area contributed by atoms with Crippen LogP contribution in [0.3, 0.4) is 0 Å². The maximum atomic E-state index is 11.8. The zero-order chi connectivity index (χ0) is 15.5. The Morgan fingerprint density at radius 3 is 2.38 bits per heavy atom. The van der Waals surface area contributed by atoms with Gasteiger partial charge in [-0.2, -0.15) is 0 Å². The molecule has 0 bridgehead atoms. The summed E-state index contributed by atoms with van der Waals surface area (Å²) in [5.41, 5.74) is 2.70. The lowest BCUT2D eigenvalue weighted by molar-refractivity contribution is 0.392. The van der Waals surface area contributed by atoms with Crippen LogP contribution < -0.4 is 10.0 Å². The topological polar surface area (TPSA) is 84.2 Å². The van der Waals surface area contributed by atoms with Crippen LogP contribution in [-0.2, 0) is 16.6 Å². The highest BCUT2D eigenvalue weighted by atomic mass is 32.2. The summed E-state index contributed by atoms with van der Waals surface area (Å²) in [6.45, 7) is 6.45. The first-order valence-corrected chi connectivity index (χ1v) is 8.17. The first kappa shape index (κ1) is 15.5. The van der Waals surface area contributed by atoms with E-state index in [0.29, 0.717) is 13.1 Å². The first-order valence-electron chi connectivity index (χ1n) is 6.69. The molecule has 2 aromatic rings. The molecule has 0 amide bonds. The van der Waals surface area contributed by atoms with E-state index in [2.05, 4.69) is 15.2 Å². The molecule has 0 aliphatic rings. The maximum Gasteiger partial charge on any atom is 0.240 e. The van der Waals surface area contributed by atoms with Crippen LogP contribution in [-0.4, -0.2) is 20.1 Å². The van der Waals surface area contributed by atoms with Crippen LogP contribution in [0.25, 0.3) is 0 Å². The molecular formula is C14H19N3O3S. The van der Waals surface area contributed by atoms with Gasteiger partial charge in [0.25, 0.3) is 0 Å². The van der Waals surface area contributed by atoms with Gasteiger partial charge in [-0.3, -0.25) is 0 Å². The van der Waals surface area contributed by atoms with E-state index < -0.39 is 10.0 Å². The average Bonchev–Trinajstić information content (AvgIpc) is 2.76. The van der Waals surface area contributed by atoms with Crippen molar-refractivity contribution in [3.63, 3.8) is 0 Å². The molecule has 0 radical (unpaired) electrons. The Bertz CT molecular complexity index is 686. The Labute approximate surface area is 124 Å². The van der Waals surface area contributed by atoms with E-state index in [1.165, 1.54) is 0 Å². The number of nitrogens with zero attached hydrogens (tertiary/aromatic N) is 1. The summed E-state index contributed by atoms with van der Waals surface area (Å²) in [7, 11) is -3.40. The molecule has 0 atom stereocenters. The minimum atomic E-state index is -3.40. The number of anilines is 1. The smallest absolute Gasteiger partial charge is 0.240 e.